The van der Waals surface area contributed by atoms with Gasteiger partial charge in [0.05, 0.1) is 5.69 Å². The summed E-state index contributed by atoms with van der Waals surface area (Å²) in [6, 6.07) is 11.7. The Labute approximate surface area is 144 Å². The van der Waals surface area contributed by atoms with E-state index in [1.807, 2.05) is 36.4 Å². The molecule has 0 saturated carbocycles. The van der Waals surface area contributed by atoms with Gasteiger partial charge in [0.1, 0.15) is 12.4 Å². The van der Waals surface area contributed by atoms with Crippen LogP contribution in [0.1, 0.15) is 22.4 Å². The summed E-state index contributed by atoms with van der Waals surface area (Å²) in [4.78, 5) is 23.9. The Morgan fingerprint density at radius 2 is 2.00 bits per heavy atom. The maximum absolute atomic E-state index is 12.5. The first-order valence-electron chi connectivity index (χ1n) is 8.25. The van der Waals surface area contributed by atoms with Gasteiger partial charge < -0.3 is 10.1 Å². The van der Waals surface area contributed by atoms with E-state index >= 15 is 0 Å². The van der Waals surface area contributed by atoms with Crippen molar-refractivity contribution >= 4 is 5.95 Å². The minimum absolute atomic E-state index is 0.114. The molecule has 0 amide bonds. The number of para-hydroxylation sites is 1. The molecule has 1 aromatic carbocycles. The minimum Gasteiger partial charge on any atom is -0.487 e. The second kappa shape index (κ2) is 6.76. The van der Waals surface area contributed by atoms with E-state index in [-0.39, 0.29) is 5.56 Å². The molecule has 3 heterocycles. The Kier molecular flexibility index (Phi) is 4.16. The topological polar surface area (TPSA) is 79.9 Å². The molecular formula is C19H18N4O2. The van der Waals surface area contributed by atoms with Crippen LogP contribution in [0.2, 0.25) is 0 Å². The lowest BCUT2D eigenvalue weighted by Gasteiger charge is -2.09. The van der Waals surface area contributed by atoms with E-state index in [9.17, 15) is 4.79 Å². The molecule has 0 radical (unpaired) electrons. The SMILES string of the molecule is O=c1[nH]c(NCCc2ccncc2)nc2c1Cc1ccccc1OC2. The number of benzene rings is 1. The molecule has 2 aromatic heterocycles. The molecule has 1 aliphatic rings. The molecule has 6 nitrogen and oxygen atoms in total. The molecule has 25 heavy (non-hydrogen) atoms. The molecule has 4 rings (SSSR count). The summed E-state index contributed by atoms with van der Waals surface area (Å²) in [5.41, 5.74) is 3.43. The molecule has 2 N–H and O–H groups in total. The Bertz CT molecular complexity index is 938. The number of nitrogens with zero attached hydrogens (tertiary/aromatic N) is 2. The van der Waals surface area contributed by atoms with Crippen molar-refractivity contribution in [2.45, 2.75) is 19.4 Å². The van der Waals surface area contributed by atoms with Crippen LogP contribution in [0.4, 0.5) is 5.95 Å². The van der Waals surface area contributed by atoms with E-state index in [1.54, 1.807) is 12.4 Å². The molecule has 0 spiro atoms. The van der Waals surface area contributed by atoms with Gasteiger partial charge in [0.15, 0.2) is 0 Å². The van der Waals surface area contributed by atoms with Crippen LogP contribution in [0.5, 0.6) is 5.75 Å². The van der Waals surface area contributed by atoms with Gasteiger partial charge in [0.25, 0.3) is 5.56 Å². The molecule has 0 saturated heterocycles. The van der Waals surface area contributed by atoms with E-state index in [1.165, 1.54) is 5.56 Å². The number of nitrogens with one attached hydrogen (secondary N) is 2. The molecule has 0 bridgehead atoms. The molecule has 1 aliphatic heterocycles. The molecule has 0 unspecified atom stereocenters. The van der Waals surface area contributed by atoms with Crippen LogP contribution >= 0.6 is 0 Å². The van der Waals surface area contributed by atoms with Gasteiger partial charge in [-0.3, -0.25) is 14.8 Å². The lowest BCUT2D eigenvalue weighted by Crippen LogP contribution is -2.21. The summed E-state index contributed by atoms with van der Waals surface area (Å²) in [5, 5.41) is 3.18. The van der Waals surface area contributed by atoms with Gasteiger partial charge >= 0.3 is 0 Å². The predicted octanol–water partition coefficient (Wildman–Crippen LogP) is 2.30. The van der Waals surface area contributed by atoms with Crippen LogP contribution in [-0.4, -0.2) is 21.5 Å². The van der Waals surface area contributed by atoms with E-state index in [0.29, 0.717) is 36.8 Å². The summed E-state index contributed by atoms with van der Waals surface area (Å²) < 4.78 is 5.81. The van der Waals surface area contributed by atoms with Crippen molar-refractivity contribution in [1.29, 1.82) is 0 Å². The molecule has 3 aromatic rings. The summed E-state index contributed by atoms with van der Waals surface area (Å²) in [6.07, 6.45) is 4.90. The van der Waals surface area contributed by atoms with Gasteiger partial charge in [-0.1, -0.05) is 18.2 Å². The summed E-state index contributed by atoms with van der Waals surface area (Å²) in [6.45, 7) is 0.974. The predicted molar refractivity (Wildman–Crippen MR) is 94.9 cm³/mol. The van der Waals surface area contributed by atoms with Crippen molar-refractivity contribution in [3.8, 4) is 5.75 Å². The van der Waals surface area contributed by atoms with Crippen LogP contribution in [0.15, 0.2) is 53.6 Å². The van der Waals surface area contributed by atoms with Crippen LogP contribution in [0.25, 0.3) is 0 Å². The highest BCUT2D eigenvalue weighted by Crippen LogP contribution is 2.25. The molecule has 126 valence electrons. The zero-order chi connectivity index (χ0) is 17.1. The number of aromatic nitrogens is 3. The minimum atomic E-state index is -0.114. The zero-order valence-electron chi connectivity index (χ0n) is 13.7. The number of ether oxygens (including phenoxy) is 1. The van der Waals surface area contributed by atoms with E-state index in [4.69, 9.17) is 4.74 Å². The first-order valence-corrected chi connectivity index (χ1v) is 8.25. The van der Waals surface area contributed by atoms with Gasteiger partial charge in [0, 0.05) is 30.9 Å². The number of H-pyrrole nitrogens is 1. The van der Waals surface area contributed by atoms with Gasteiger partial charge in [0.2, 0.25) is 5.95 Å². The highest BCUT2D eigenvalue weighted by atomic mass is 16.5. The largest absolute Gasteiger partial charge is 0.487 e. The monoisotopic (exact) mass is 334 g/mol. The Balaban J connectivity index is 1.51. The number of rotatable bonds is 4. The van der Waals surface area contributed by atoms with Crippen molar-refractivity contribution in [2.75, 3.05) is 11.9 Å². The number of aromatic amines is 1. The summed E-state index contributed by atoms with van der Waals surface area (Å²) in [7, 11) is 0. The second-order valence-corrected chi connectivity index (χ2v) is 5.95. The third-order valence-corrected chi connectivity index (χ3v) is 4.26. The Morgan fingerprint density at radius 1 is 1.16 bits per heavy atom. The molecule has 0 aliphatic carbocycles. The maximum Gasteiger partial charge on any atom is 0.256 e. The van der Waals surface area contributed by atoms with Crippen molar-refractivity contribution in [1.82, 2.24) is 15.0 Å². The Morgan fingerprint density at radius 3 is 2.88 bits per heavy atom. The van der Waals surface area contributed by atoms with Gasteiger partial charge in [-0.25, -0.2) is 4.98 Å². The number of pyridine rings is 1. The third kappa shape index (κ3) is 3.38. The van der Waals surface area contributed by atoms with Crippen LogP contribution in [0.3, 0.4) is 0 Å². The first kappa shape index (κ1) is 15.4. The lowest BCUT2D eigenvalue weighted by atomic mass is 10.1. The highest BCUT2D eigenvalue weighted by Gasteiger charge is 2.18. The fourth-order valence-corrected chi connectivity index (χ4v) is 2.93. The lowest BCUT2D eigenvalue weighted by molar-refractivity contribution is 0.302. The fourth-order valence-electron chi connectivity index (χ4n) is 2.93. The number of anilines is 1. The summed E-state index contributed by atoms with van der Waals surface area (Å²) in [5.74, 6) is 1.29. The van der Waals surface area contributed by atoms with Crippen molar-refractivity contribution in [3.63, 3.8) is 0 Å². The van der Waals surface area contributed by atoms with Crippen molar-refractivity contribution in [3.05, 3.63) is 81.5 Å². The standard InChI is InChI=1S/C19H18N4O2/c24-18-15-11-14-3-1-2-4-17(14)25-12-16(15)22-19(23-18)21-10-7-13-5-8-20-9-6-13/h1-6,8-9H,7,10-12H2,(H2,21,22,23,24). The average Bonchev–Trinajstić information content (AvgIpc) is 2.83. The Hall–Kier alpha value is -3.15. The third-order valence-electron chi connectivity index (χ3n) is 4.26. The second-order valence-electron chi connectivity index (χ2n) is 5.95. The summed E-state index contributed by atoms with van der Waals surface area (Å²) >= 11 is 0. The molecule has 0 atom stereocenters. The molecular weight excluding hydrogens is 316 g/mol. The molecule has 6 heteroatoms. The number of fused-ring (bicyclic) bond motifs is 2. The highest BCUT2D eigenvalue weighted by molar-refractivity contribution is 5.41. The van der Waals surface area contributed by atoms with Gasteiger partial charge in [-0.15, -0.1) is 0 Å². The van der Waals surface area contributed by atoms with Crippen LogP contribution < -0.4 is 15.6 Å². The number of hydrogen-bond donors (Lipinski definition) is 2. The van der Waals surface area contributed by atoms with Gasteiger partial charge in [-0.05, 0) is 35.7 Å². The average molecular weight is 334 g/mol. The molecule has 0 fully saturated rings. The van der Waals surface area contributed by atoms with E-state index < -0.39 is 0 Å². The zero-order valence-corrected chi connectivity index (χ0v) is 13.7. The smallest absolute Gasteiger partial charge is 0.256 e. The van der Waals surface area contributed by atoms with E-state index in [0.717, 1.165) is 17.7 Å². The number of hydrogen-bond acceptors (Lipinski definition) is 5. The van der Waals surface area contributed by atoms with Gasteiger partial charge in [-0.2, -0.15) is 0 Å². The van der Waals surface area contributed by atoms with Crippen molar-refractivity contribution in [2.24, 2.45) is 0 Å². The quantitative estimate of drug-likeness (QED) is 0.765. The first-order chi connectivity index (χ1) is 12.3. The van der Waals surface area contributed by atoms with Crippen LogP contribution in [0, 0.1) is 0 Å². The van der Waals surface area contributed by atoms with E-state index in [2.05, 4.69) is 20.3 Å². The fraction of sp³-hybridized carbons (Fsp3) is 0.211. The van der Waals surface area contributed by atoms with Crippen LogP contribution in [-0.2, 0) is 19.4 Å². The maximum atomic E-state index is 12.5. The van der Waals surface area contributed by atoms with Crippen molar-refractivity contribution < 1.29 is 4.74 Å². The normalized spacial score (nSPS) is 12.5.